The van der Waals surface area contributed by atoms with Crippen LogP contribution in [0.4, 0.5) is 58.7 Å². The zero-order valence-electron chi connectivity index (χ0n) is 78.4. The lowest BCUT2D eigenvalue weighted by molar-refractivity contribution is -0.173. The van der Waals surface area contributed by atoms with Crippen molar-refractivity contribution in [2.24, 2.45) is 52.5 Å². The number of nitrogens with zero attached hydrogens (tertiary/aromatic N) is 8. The van der Waals surface area contributed by atoms with Crippen LogP contribution in [0.25, 0.3) is 0 Å². The van der Waals surface area contributed by atoms with Gasteiger partial charge in [0, 0.05) is 54.5 Å². The molecule has 41 nitrogen and oxygen atoms in total. The third kappa shape index (κ3) is 24.5. The summed E-state index contributed by atoms with van der Waals surface area (Å²) in [5.74, 6) is -5.89. The molecule has 1 aromatic heterocycles. The van der Waals surface area contributed by atoms with Crippen molar-refractivity contribution < 1.29 is 129 Å². The summed E-state index contributed by atoms with van der Waals surface area (Å²) >= 11 is 0. The van der Waals surface area contributed by atoms with Crippen molar-refractivity contribution in [3.8, 4) is 0 Å². The fourth-order valence-electron chi connectivity index (χ4n) is 16.5. The highest BCUT2D eigenvalue weighted by molar-refractivity contribution is 7.92. The summed E-state index contributed by atoms with van der Waals surface area (Å²) in [6, 6.07) is 23.9. The summed E-state index contributed by atoms with van der Waals surface area (Å²) in [7, 11) is -32.2. The van der Waals surface area contributed by atoms with Crippen LogP contribution in [0.5, 0.6) is 0 Å². The van der Waals surface area contributed by atoms with Crippen molar-refractivity contribution in [3.63, 3.8) is 0 Å². The second-order valence-electron chi connectivity index (χ2n) is 38.9. The average Bonchev–Trinajstić information content (AvgIpc) is 1.58. The minimum Gasteiger partial charge on any atom is -0.509 e. The number of aliphatic hydroxyl groups excluding tert-OH is 4. The summed E-state index contributed by atoms with van der Waals surface area (Å²) in [5, 5.41) is 55.2. The molecule has 8 aliphatic heterocycles. The number of anilines is 8. The number of halogens is 3. The molecule has 52 heteroatoms. The summed E-state index contributed by atoms with van der Waals surface area (Å²) in [6.07, 6.45) is 2.66. The fraction of sp³-hybridized carbons (Fsp3) is 0.419. The number of aliphatic hydroxyl groups is 4. The van der Waals surface area contributed by atoms with Gasteiger partial charge >= 0.3 is 36.3 Å². The molecule has 5 aromatic carbocycles. The van der Waals surface area contributed by atoms with Crippen molar-refractivity contribution in [2.45, 2.75) is 160 Å². The number of carbonyl (C=O) groups excluding carboxylic acids is 4. The van der Waals surface area contributed by atoms with Crippen LogP contribution in [0, 0.1) is 33.5 Å². The largest absolute Gasteiger partial charge is 0.509 e. The molecule has 9 heterocycles. The Hall–Kier alpha value is -11.2. The van der Waals surface area contributed by atoms with Crippen LogP contribution in [0.15, 0.2) is 191 Å². The number of rotatable bonds is 22. The molecule has 14 rings (SSSR count). The molecule has 750 valence electrons. The zero-order valence-corrected chi connectivity index (χ0v) is 85.2. The molecule has 0 spiro atoms. The van der Waals surface area contributed by atoms with Gasteiger partial charge in [0.05, 0.1) is 112 Å². The van der Waals surface area contributed by atoms with Gasteiger partial charge in [-0.1, -0.05) is 134 Å². The highest BCUT2D eigenvalue weighted by Crippen LogP contribution is 2.54. The predicted molar refractivity (Wildman–Crippen MR) is 522 cm³/mol. The van der Waals surface area contributed by atoms with Crippen LogP contribution in [-0.2, 0) is 90.6 Å². The molecule has 9 atom stereocenters. The molecular formula is C86H111F3N16O25P4S4. The van der Waals surface area contributed by atoms with E-state index in [2.05, 4.69) is 59.2 Å². The number of sulfonamides is 4. The Labute approximate surface area is 796 Å². The normalized spacial score (nSPS) is 23.2. The number of nitrogens with one attached hydrogen (secondary N) is 8. The maximum absolute atomic E-state index is 13.5. The SMILES string of the molecule is CC(C)(C)C1C(O)=C(C2=NP(=O)(O)c3cc(NS(C)(=O)=O)ccc3N2)C(=O)N1Cc1ccccc1.CC(C)(C)C1C(O)=C(C2=NP(=O)(O)c3cc(NS(C)(=O)=O)ccc3N2)C(=O)N1Cc1ccoc1.CC(C)CCN1C(=O)C(C2=NP(=O)(O)c3cc(NS(C)(=O)=O)ccc3N2)=C(O)C1C(C)(C)C.CC(CCN1C(=O)C(C2=NP(=O)(O)c3cc(NS(C)(=O)=O)ccc3N2)=C(O)C1C(C)(C)C)C(F)(F)F. The van der Waals surface area contributed by atoms with Crippen LogP contribution >= 0.6 is 30.1 Å². The predicted octanol–water partition coefficient (Wildman–Crippen LogP) is 11.7. The van der Waals surface area contributed by atoms with Gasteiger partial charge < -0.3 is 85.3 Å². The van der Waals surface area contributed by atoms with E-state index >= 15 is 0 Å². The smallest absolute Gasteiger partial charge is 0.391 e. The second-order valence-corrected chi connectivity index (χ2v) is 53.0. The molecule has 16 N–H and O–H groups in total. The van der Waals surface area contributed by atoms with E-state index in [9.17, 15) is 124 Å². The molecule has 8 aliphatic rings. The van der Waals surface area contributed by atoms with Gasteiger partial charge in [-0.2, -0.15) is 32.2 Å². The topological polar surface area (TPSA) is 607 Å². The molecule has 6 aromatic rings. The van der Waals surface area contributed by atoms with E-state index in [1.165, 1.54) is 89.1 Å². The lowest BCUT2D eigenvalue weighted by Crippen LogP contribution is -2.45. The first-order chi connectivity index (χ1) is 63.1. The van der Waals surface area contributed by atoms with Crippen molar-refractivity contribution in [2.75, 3.05) is 78.3 Å². The molecule has 0 bridgehead atoms. The minimum atomic E-state index is -4.54. The Balaban J connectivity index is 0.000000176. The first-order valence-corrected chi connectivity index (χ1v) is 56.5. The first kappa shape index (κ1) is 107. The molecule has 0 fully saturated rings. The average molecular weight is 2080 g/mol. The Bertz CT molecular complexity index is 6930. The Morgan fingerprint density at radius 3 is 0.884 bits per heavy atom. The maximum Gasteiger partial charge on any atom is 0.391 e. The number of hydrogen-bond donors (Lipinski definition) is 16. The van der Waals surface area contributed by atoms with Gasteiger partial charge in [0.25, 0.3) is 23.6 Å². The second kappa shape index (κ2) is 38.5. The van der Waals surface area contributed by atoms with E-state index in [0.29, 0.717) is 12.5 Å². The van der Waals surface area contributed by atoms with E-state index in [4.69, 9.17) is 4.42 Å². The van der Waals surface area contributed by atoms with Gasteiger partial charge in [-0.05, 0) is 125 Å². The third-order valence-electron chi connectivity index (χ3n) is 22.3. The molecular weight excluding hydrogens is 1970 g/mol. The molecule has 0 aliphatic carbocycles. The summed E-state index contributed by atoms with van der Waals surface area (Å²) in [5.41, 5.74) is -0.767. The minimum absolute atomic E-state index is 0.0164. The van der Waals surface area contributed by atoms with E-state index in [1.54, 1.807) is 31.7 Å². The Morgan fingerprint density at radius 2 is 0.645 bits per heavy atom. The van der Waals surface area contributed by atoms with Gasteiger partial charge in [0.2, 0.25) is 40.1 Å². The van der Waals surface area contributed by atoms with Gasteiger partial charge in [0.1, 0.15) is 45.3 Å². The van der Waals surface area contributed by atoms with Crippen LogP contribution in [0.2, 0.25) is 0 Å². The standard InChI is InChI=1S/C23H27N4O6PS.C21H28F3N4O6PS.C21H25N4O7PS.C21H31N4O6PS/c1-23(2,3)20-19(28)18(22(29)27(20)13-14-8-6-5-7-9-14)21-24-16-11-10-15(26-35(4,32)33)12-17(16)34(30,31)25-21;1-11(21(22,23)24)8-9-28-17(20(2,3)4)16(29)15(19(28)30)18-25-13-7-6-12(27-36(5,33)34)10-14(13)35(31,32)26-18;1-21(2,3)18-17(26)16(20(27)25(18)10-12-7-8-32-11-12)19-22-14-6-5-13(24-34(4,30)31)9-15(14)33(28,29)23-19;1-12(2)9-10-25-18(21(3,4)5)17(26)16(20(25)27)19-22-14-8-7-13(24-33(6,30)31)11-15(14)32(28,29)23-19/h5-12,20,26,28H,13H2,1-4H3,(H2,24,25,30,31);6-7,10-11,17,27,29H,8-9H2,1-5H3,(H2,25,26,31,32);5-9,11,18,24,26H,10H2,1-4H3,(H2,22,23,28,29);7-8,11-12,18,24,26H,9-10H2,1-6H3,(H2,22,23,28,29). The number of fused-ring (bicyclic) bond motifs is 4. The number of carbonyl (C=O) groups is 4. The van der Waals surface area contributed by atoms with Crippen LogP contribution in [0.3, 0.4) is 0 Å². The van der Waals surface area contributed by atoms with Crippen LogP contribution < -0.4 is 61.4 Å². The van der Waals surface area contributed by atoms with E-state index in [0.717, 1.165) is 60.5 Å². The third-order valence-corrected chi connectivity index (χ3v) is 30.6. The van der Waals surface area contributed by atoms with Gasteiger partial charge in [0.15, 0.2) is 23.3 Å². The molecule has 4 amide bonds. The first-order valence-electron chi connectivity index (χ1n) is 42.5. The number of alkyl halides is 3. The van der Waals surface area contributed by atoms with Crippen molar-refractivity contribution in [3.05, 3.63) is 178 Å². The maximum atomic E-state index is 13.5. The quantitative estimate of drug-likeness (QED) is 0.0281. The lowest BCUT2D eigenvalue weighted by Gasteiger charge is -2.35. The number of amidine groups is 4. The highest BCUT2D eigenvalue weighted by Gasteiger charge is 2.54. The van der Waals surface area contributed by atoms with Gasteiger partial charge in [-0.3, -0.25) is 56.3 Å². The Morgan fingerprint density at radius 1 is 0.391 bits per heavy atom. The van der Waals surface area contributed by atoms with Crippen molar-refractivity contribution >= 4 is 184 Å². The molecule has 0 radical (unpaired) electrons. The highest BCUT2D eigenvalue weighted by atomic mass is 32.2. The summed E-state index contributed by atoms with van der Waals surface area (Å²) in [6.45, 7) is 27.7. The fourth-order valence-corrected chi connectivity index (χ4v) is 23.8. The summed E-state index contributed by atoms with van der Waals surface area (Å²) in [4.78, 5) is 102. The molecule has 138 heavy (non-hydrogen) atoms. The Kier molecular flexibility index (Phi) is 29.9. The number of furan rings is 1. The number of benzene rings is 5. The van der Waals surface area contributed by atoms with E-state index in [1.807, 2.05) is 106 Å². The molecule has 9 unspecified atom stereocenters. The van der Waals surface area contributed by atoms with Gasteiger partial charge in [-0.15, -0.1) is 0 Å². The van der Waals surface area contributed by atoms with Crippen molar-refractivity contribution in [1.29, 1.82) is 0 Å². The number of amides is 4. The van der Waals surface area contributed by atoms with Crippen molar-refractivity contribution in [1.82, 2.24) is 19.6 Å². The number of hydrogen-bond acceptors (Lipinski definition) is 25. The summed E-state index contributed by atoms with van der Waals surface area (Å²) < 4.78 is 213. The van der Waals surface area contributed by atoms with E-state index in [-0.39, 0.29) is 138 Å². The lowest BCUT2D eigenvalue weighted by atomic mass is 9.85. The van der Waals surface area contributed by atoms with Crippen LogP contribution in [0.1, 0.15) is 128 Å². The van der Waals surface area contributed by atoms with E-state index < -0.39 is 175 Å². The van der Waals surface area contributed by atoms with Gasteiger partial charge in [-0.25, -0.2) is 33.7 Å². The molecule has 0 saturated carbocycles. The monoisotopic (exact) mass is 2080 g/mol. The zero-order chi connectivity index (χ0) is 103. The molecule has 0 saturated heterocycles. The van der Waals surface area contributed by atoms with Crippen LogP contribution in [-0.4, -0.2) is 209 Å².